The average Bonchev–Trinajstić information content (AvgIpc) is 2.96. The molecule has 0 spiro atoms. The first kappa shape index (κ1) is 23.8. The Morgan fingerprint density at radius 2 is 1.71 bits per heavy atom. The highest BCUT2D eigenvalue weighted by atomic mass is 16.7. The van der Waals surface area contributed by atoms with Gasteiger partial charge in [0.15, 0.2) is 0 Å². The fraction of sp³-hybridized carbons (Fsp3) is 0.778. The number of hydrogen-bond acceptors (Lipinski definition) is 7. The molecule has 3 unspecified atom stereocenters. The van der Waals surface area contributed by atoms with Gasteiger partial charge < -0.3 is 15.5 Å². The molecule has 10 nitrogen and oxygen atoms in total. The van der Waals surface area contributed by atoms with E-state index < -0.39 is 17.9 Å². The number of hydrogen-bond donors (Lipinski definition) is 2. The normalized spacial score (nSPS) is 25.8. The van der Waals surface area contributed by atoms with Gasteiger partial charge in [-0.1, -0.05) is 6.92 Å². The molecule has 0 radical (unpaired) electrons. The summed E-state index contributed by atoms with van der Waals surface area (Å²) in [6.07, 6.45) is 0.215. The van der Waals surface area contributed by atoms with E-state index in [0.29, 0.717) is 17.6 Å². The van der Waals surface area contributed by atoms with E-state index in [2.05, 4.69) is 46.2 Å². The molecule has 0 aromatic carbocycles. The lowest BCUT2D eigenvalue weighted by atomic mass is 10.1. The molecule has 2 N–H and O–H groups in total. The van der Waals surface area contributed by atoms with Gasteiger partial charge in [-0.15, -0.1) is 5.06 Å². The Bertz CT molecular complexity index is 569. The van der Waals surface area contributed by atoms with Crippen LogP contribution < -0.4 is 10.6 Å². The summed E-state index contributed by atoms with van der Waals surface area (Å²) in [5.74, 6) is -0.831. The zero-order valence-electron chi connectivity index (χ0n) is 17.7. The van der Waals surface area contributed by atoms with Gasteiger partial charge in [-0.3, -0.25) is 24.2 Å². The van der Waals surface area contributed by atoms with Crippen LogP contribution in [0.1, 0.15) is 40.0 Å². The molecular weight excluding hydrogens is 376 g/mol. The van der Waals surface area contributed by atoms with Crippen molar-refractivity contribution >= 4 is 23.8 Å². The van der Waals surface area contributed by atoms with E-state index in [4.69, 9.17) is 0 Å². The predicted octanol–water partition coefficient (Wildman–Crippen LogP) is -0.0582. The second-order valence-electron chi connectivity index (χ2n) is 7.14. The van der Waals surface area contributed by atoms with Gasteiger partial charge in [0, 0.05) is 45.1 Å². The quantitative estimate of drug-likeness (QED) is 0.380. The van der Waals surface area contributed by atoms with Gasteiger partial charge in [0.05, 0.1) is 0 Å². The van der Waals surface area contributed by atoms with Crippen LogP contribution in [0, 0.1) is 0 Å². The van der Waals surface area contributed by atoms with Crippen molar-refractivity contribution in [2.45, 2.75) is 58.2 Å². The Kier molecular flexibility index (Phi) is 9.33. The van der Waals surface area contributed by atoms with Crippen molar-refractivity contribution in [3.63, 3.8) is 0 Å². The molecule has 0 bridgehead atoms. The summed E-state index contributed by atoms with van der Waals surface area (Å²) in [6.45, 7) is 7.57. The second kappa shape index (κ2) is 11.0. The van der Waals surface area contributed by atoms with Crippen LogP contribution in [-0.4, -0.2) is 91.0 Å². The molecule has 10 heteroatoms. The van der Waals surface area contributed by atoms with Gasteiger partial charge in [0.1, 0.15) is 6.04 Å². The van der Waals surface area contributed by atoms with Gasteiger partial charge in [-0.05, 0) is 34.4 Å². The van der Waals surface area contributed by atoms with Crippen LogP contribution in [-0.2, 0) is 19.2 Å². The Labute approximate surface area is 166 Å². The van der Waals surface area contributed by atoms with Crippen LogP contribution in [0.15, 0.2) is 0 Å². The summed E-state index contributed by atoms with van der Waals surface area (Å²) < 4.78 is 0. The molecule has 2 saturated heterocycles. The Morgan fingerprint density at radius 1 is 1.14 bits per heavy atom. The van der Waals surface area contributed by atoms with E-state index in [9.17, 15) is 19.2 Å². The SMILES string of the molecule is CC1[13CH2]N([13CH3])C(C(=O)[15NH][13CH3])C(C)[15N]1[13CH3].[13CH3][13CH2][13CH2][15NH]C(=O)ON1C(=O)CCC1=O. The van der Waals surface area contributed by atoms with Crippen LogP contribution in [0.25, 0.3) is 0 Å². The van der Waals surface area contributed by atoms with Crippen molar-refractivity contribution < 1.29 is 24.0 Å². The van der Waals surface area contributed by atoms with E-state index in [-0.39, 0.29) is 30.8 Å². The average molecular weight is 409 g/mol. The largest absolute Gasteiger partial charge is 0.432 e. The summed E-state index contributed by atoms with van der Waals surface area (Å²) in [5.41, 5.74) is 0. The molecule has 0 saturated carbocycles. The van der Waals surface area contributed by atoms with Crippen molar-refractivity contribution in [2.75, 3.05) is 34.2 Å². The summed E-state index contributed by atoms with van der Waals surface area (Å²) in [7, 11) is 5.79. The molecule has 28 heavy (non-hydrogen) atoms. The first-order chi connectivity index (χ1) is 13.1. The number of carbonyl (C=O) groups is 4. The maximum absolute atomic E-state index is 11.7. The van der Waals surface area contributed by atoms with Gasteiger partial charge in [-0.2, -0.15) is 0 Å². The topological polar surface area (TPSA) is 111 Å². The molecule has 0 aromatic rings. The Morgan fingerprint density at radius 3 is 2.21 bits per heavy atom. The molecule has 0 aromatic heterocycles. The van der Waals surface area contributed by atoms with Gasteiger partial charge >= 0.3 is 6.09 Å². The molecule has 160 valence electrons. The zero-order valence-corrected chi connectivity index (χ0v) is 17.7. The lowest BCUT2D eigenvalue weighted by molar-refractivity contribution is -0.171. The molecule has 2 heterocycles. The zero-order chi connectivity index (χ0) is 21.4. The summed E-state index contributed by atoms with van der Waals surface area (Å²) >= 11 is 0. The number of hydroxylamine groups is 2. The van der Waals surface area contributed by atoms with Gasteiger partial charge in [0.25, 0.3) is 11.8 Å². The summed E-state index contributed by atoms with van der Waals surface area (Å²) in [6, 6.07) is 0.751. The minimum atomic E-state index is -0.768. The number of carbonyl (C=O) groups excluding carboxylic acids is 4. The van der Waals surface area contributed by atoms with Crippen LogP contribution >= 0.6 is 0 Å². The molecular formula is C18H33N5O5. The Balaban J connectivity index is 0.000000280. The smallest absolute Gasteiger partial charge is 0.358 e. The minimum absolute atomic E-state index is 0.0267. The van der Waals surface area contributed by atoms with E-state index in [1.165, 1.54) is 0 Å². The molecule has 0 aliphatic carbocycles. The number of piperazine rings is 1. The highest BCUT2D eigenvalue weighted by Crippen LogP contribution is 2.18. The van der Waals surface area contributed by atoms with Crippen LogP contribution in [0.3, 0.4) is 0 Å². The first-order valence-electron chi connectivity index (χ1n) is 9.59. The predicted molar refractivity (Wildman–Crippen MR) is 103 cm³/mol. The van der Waals surface area contributed by atoms with Crippen LogP contribution in [0.4, 0.5) is 4.79 Å². The monoisotopic (exact) mass is 409 g/mol. The van der Waals surface area contributed by atoms with E-state index in [0.717, 1.165) is 13.0 Å². The van der Waals surface area contributed by atoms with E-state index in [1.54, 1.807) is 7.05 Å². The van der Waals surface area contributed by atoms with E-state index >= 15 is 0 Å². The third kappa shape index (κ3) is 6.16. The first-order valence-corrected chi connectivity index (χ1v) is 9.59. The summed E-state index contributed by atoms with van der Waals surface area (Å²) in [4.78, 5) is 53.5. The minimum Gasteiger partial charge on any atom is -0.358 e. The van der Waals surface area contributed by atoms with Crippen LogP contribution in [0.5, 0.6) is 0 Å². The fourth-order valence-corrected chi connectivity index (χ4v) is 3.22. The molecule has 2 rings (SSSR count). The van der Waals surface area contributed by atoms with Gasteiger partial charge in [0.2, 0.25) is 5.91 Å². The van der Waals surface area contributed by atoms with Gasteiger partial charge in [-0.25, -0.2) is 4.79 Å². The van der Waals surface area contributed by atoms with E-state index in [1.807, 2.05) is 14.0 Å². The number of amides is 4. The summed E-state index contributed by atoms with van der Waals surface area (Å²) in [5, 5.41) is 5.64. The number of nitrogens with zero attached hydrogens (tertiary/aromatic N) is 3. The fourth-order valence-electron chi connectivity index (χ4n) is 3.22. The number of imide groups is 1. The van der Waals surface area contributed by atoms with Crippen molar-refractivity contribution in [3.8, 4) is 0 Å². The van der Waals surface area contributed by atoms with Crippen molar-refractivity contribution in [1.29, 1.82) is 0 Å². The lowest BCUT2D eigenvalue weighted by Gasteiger charge is -2.46. The van der Waals surface area contributed by atoms with Crippen molar-refractivity contribution in [3.05, 3.63) is 0 Å². The molecule has 2 fully saturated rings. The second-order valence-corrected chi connectivity index (χ2v) is 7.14. The molecule has 2 aliphatic heterocycles. The van der Waals surface area contributed by atoms with Crippen molar-refractivity contribution in [1.82, 2.24) is 25.5 Å². The maximum Gasteiger partial charge on any atom is 0.432 e. The lowest BCUT2D eigenvalue weighted by Crippen LogP contribution is -2.63. The molecule has 3 atom stereocenters. The Hall–Kier alpha value is -2.20. The third-order valence-corrected chi connectivity index (χ3v) is 5.04. The van der Waals surface area contributed by atoms with Crippen LogP contribution in [0.2, 0.25) is 0 Å². The number of rotatable bonds is 4. The highest BCUT2D eigenvalue weighted by molar-refractivity contribution is 6.01. The standard InChI is InChI=1S/C10H21N3O.C8H12N2O4/c1-7-6-12(4)9(10(14)11-3)8(2)13(7)5;1-2-5-9-8(13)14-10-6(11)3-4-7(10)12/h7-9H,6H2,1-5H3,(H,11,14);2-5H2,1H3,(H,9,13)/i3+1,4+1,5+1,6+1,11+1,13+1;1+1,2+1,5+1,9+1. The molecule has 2 aliphatic rings. The molecule has 4 amide bonds. The third-order valence-electron chi connectivity index (χ3n) is 5.04. The maximum atomic E-state index is 11.7. The number of nitrogens with one attached hydrogen (secondary N) is 2. The highest BCUT2D eigenvalue weighted by Gasteiger charge is 2.37. The van der Waals surface area contributed by atoms with Crippen molar-refractivity contribution in [2.24, 2.45) is 0 Å². The number of likely N-dealkylation sites (N-methyl/N-ethyl adjacent to an activating group) is 3.